The Morgan fingerprint density at radius 3 is 2.22 bits per heavy atom. The Kier molecular flexibility index (Phi) is 4.48. The fourth-order valence-electron chi connectivity index (χ4n) is 1.73. The highest BCUT2D eigenvalue weighted by atomic mass is 16.5. The lowest BCUT2D eigenvalue weighted by Gasteiger charge is -2.29. The molecular weight excluding hydrogens is 230 g/mol. The predicted molar refractivity (Wildman–Crippen MR) is 70.3 cm³/mol. The molecule has 1 amide bonds. The number of hydrogen-bond donors (Lipinski definition) is 0. The Hall–Kier alpha value is -1.84. The number of para-hydroxylation sites is 1. The Labute approximate surface area is 108 Å². The summed E-state index contributed by atoms with van der Waals surface area (Å²) in [7, 11) is 1.29. The minimum Gasteiger partial charge on any atom is -0.468 e. The van der Waals surface area contributed by atoms with Crippen molar-refractivity contribution in [2.24, 2.45) is 5.41 Å². The maximum Gasteiger partial charge on any atom is 0.320 e. The third kappa shape index (κ3) is 2.70. The number of rotatable bonds is 4. The van der Waals surface area contributed by atoms with Gasteiger partial charge in [0.15, 0.2) is 0 Å². The van der Waals surface area contributed by atoms with Crippen LogP contribution < -0.4 is 4.90 Å². The van der Waals surface area contributed by atoms with Crippen LogP contribution in [0.25, 0.3) is 0 Å². The van der Waals surface area contributed by atoms with Gasteiger partial charge in [-0.3, -0.25) is 9.59 Å². The number of carbonyl (C=O) groups excluding carboxylic acids is 2. The number of anilines is 1. The SMILES string of the molecule is CCN(C(=O)C(C)(C)C(=O)OC)c1ccccc1. The van der Waals surface area contributed by atoms with Crippen LogP contribution in [0.15, 0.2) is 30.3 Å². The molecule has 0 radical (unpaired) electrons. The molecule has 1 aromatic carbocycles. The van der Waals surface area contributed by atoms with Crippen molar-refractivity contribution in [3.05, 3.63) is 30.3 Å². The highest BCUT2D eigenvalue weighted by molar-refractivity contribution is 6.09. The molecule has 4 heteroatoms. The van der Waals surface area contributed by atoms with Crippen molar-refractivity contribution < 1.29 is 14.3 Å². The average Bonchev–Trinajstić information content (AvgIpc) is 2.39. The predicted octanol–water partition coefficient (Wildman–Crippen LogP) is 2.24. The first-order valence-corrected chi connectivity index (χ1v) is 5.90. The summed E-state index contributed by atoms with van der Waals surface area (Å²) in [5.74, 6) is -0.787. The Morgan fingerprint density at radius 2 is 1.78 bits per heavy atom. The lowest BCUT2D eigenvalue weighted by Crippen LogP contribution is -2.45. The number of carbonyl (C=O) groups is 2. The molecule has 0 fully saturated rings. The van der Waals surface area contributed by atoms with E-state index in [-0.39, 0.29) is 5.91 Å². The molecule has 0 aliphatic carbocycles. The number of benzene rings is 1. The number of nitrogens with zero attached hydrogens (tertiary/aromatic N) is 1. The van der Waals surface area contributed by atoms with Gasteiger partial charge in [-0.15, -0.1) is 0 Å². The summed E-state index contributed by atoms with van der Waals surface area (Å²) in [6.45, 7) is 5.53. The van der Waals surface area contributed by atoms with Crippen LogP contribution >= 0.6 is 0 Å². The first kappa shape index (κ1) is 14.2. The van der Waals surface area contributed by atoms with E-state index in [0.29, 0.717) is 6.54 Å². The van der Waals surface area contributed by atoms with Crippen molar-refractivity contribution in [2.45, 2.75) is 20.8 Å². The number of ether oxygens (including phenoxy) is 1. The van der Waals surface area contributed by atoms with Crippen molar-refractivity contribution in [1.29, 1.82) is 0 Å². The Balaban J connectivity index is 3.04. The molecule has 0 bridgehead atoms. The van der Waals surface area contributed by atoms with Gasteiger partial charge in [0, 0.05) is 12.2 Å². The minimum atomic E-state index is -1.18. The van der Waals surface area contributed by atoms with Gasteiger partial charge in [0.25, 0.3) is 0 Å². The molecule has 1 rings (SSSR count). The van der Waals surface area contributed by atoms with Crippen LogP contribution in [0, 0.1) is 5.41 Å². The third-order valence-corrected chi connectivity index (χ3v) is 2.86. The third-order valence-electron chi connectivity index (χ3n) is 2.86. The van der Waals surface area contributed by atoms with Gasteiger partial charge in [-0.1, -0.05) is 18.2 Å². The standard InChI is InChI=1S/C14H19NO3/c1-5-15(11-9-7-6-8-10-11)12(16)14(2,3)13(17)18-4/h6-10H,5H2,1-4H3. The van der Waals surface area contributed by atoms with Crippen LogP contribution in [0.4, 0.5) is 5.69 Å². The highest BCUT2D eigenvalue weighted by Gasteiger charge is 2.40. The van der Waals surface area contributed by atoms with Crippen molar-refractivity contribution >= 4 is 17.6 Å². The second-order valence-corrected chi connectivity index (χ2v) is 4.50. The molecule has 0 saturated heterocycles. The maximum atomic E-state index is 12.4. The number of amides is 1. The van der Waals surface area contributed by atoms with E-state index < -0.39 is 11.4 Å². The summed E-state index contributed by atoms with van der Waals surface area (Å²) in [5.41, 5.74) is -0.400. The van der Waals surface area contributed by atoms with E-state index in [0.717, 1.165) is 5.69 Å². The number of hydrogen-bond acceptors (Lipinski definition) is 3. The Bertz CT molecular complexity index is 426. The van der Waals surface area contributed by atoms with Gasteiger partial charge in [-0.25, -0.2) is 0 Å². The van der Waals surface area contributed by atoms with E-state index in [1.54, 1.807) is 18.7 Å². The molecule has 0 aromatic heterocycles. The zero-order valence-corrected chi connectivity index (χ0v) is 11.3. The number of methoxy groups -OCH3 is 1. The van der Waals surface area contributed by atoms with E-state index in [1.807, 2.05) is 37.3 Å². The first-order valence-electron chi connectivity index (χ1n) is 5.90. The van der Waals surface area contributed by atoms with Gasteiger partial charge in [0.2, 0.25) is 5.91 Å². The van der Waals surface area contributed by atoms with Crippen molar-refractivity contribution in [1.82, 2.24) is 0 Å². The summed E-state index contributed by atoms with van der Waals surface area (Å²) in [6, 6.07) is 9.28. The van der Waals surface area contributed by atoms with Crippen LogP contribution in [0.5, 0.6) is 0 Å². The molecule has 0 heterocycles. The minimum absolute atomic E-state index is 0.261. The normalized spacial score (nSPS) is 10.9. The summed E-state index contributed by atoms with van der Waals surface area (Å²) in [5, 5.41) is 0. The molecule has 0 aliphatic heterocycles. The van der Waals surface area contributed by atoms with Gasteiger partial charge in [0.05, 0.1) is 7.11 Å². The molecule has 0 N–H and O–H groups in total. The van der Waals surface area contributed by atoms with Crippen LogP contribution in [-0.4, -0.2) is 25.5 Å². The van der Waals surface area contributed by atoms with E-state index >= 15 is 0 Å². The molecule has 98 valence electrons. The van der Waals surface area contributed by atoms with Crippen LogP contribution in [0.2, 0.25) is 0 Å². The summed E-state index contributed by atoms with van der Waals surface area (Å²) < 4.78 is 4.68. The molecule has 0 saturated carbocycles. The second-order valence-electron chi connectivity index (χ2n) is 4.50. The topological polar surface area (TPSA) is 46.6 Å². The van der Waals surface area contributed by atoms with E-state index in [4.69, 9.17) is 0 Å². The largest absolute Gasteiger partial charge is 0.468 e. The lowest BCUT2D eigenvalue weighted by molar-refractivity contribution is -0.155. The second kappa shape index (κ2) is 5.67. The maximum absolute atomic E-state index is 12.4. The molecule has 0 unspecified atom stereocenters. The molecule has 18 heavy (non-hydrogen) atoms. The van der Waals surface area contributed by atoms with Crippen molar-refractivity contribution in [3.8, 4) is 0 Å². The first-order chi connectivity index (χ1) is 8.45. The fourth-order valence-corrected chi connectivity index (χ4v) is 1.73. The van der Waals surface area contributed by atoms with E-state index in [1.165, 1.54) is 7.11 Å². The molecule has 0 atom stereocenters. The molecule has 1 aromatic rings. The monoisotopic (exact) mass is 249 g/mol. The lowest BCUT2D eigenvalue weighted by atomic mass is 9.91. The highest BCUT2D eigenvalue weighted by Crippen LogP contribution is 2.24. The molecule has 0 spiro atoms. The summed E-state index contributed by atoms with van der Waals surface area (Å²) in [6.07, 6.45) is 0. The zero-order valence-electron chi connectivity index (χ0n) is 11.3. The van der Waals surface area contributed by atoms with Crippen molar-refractivity contribution in [2.75, 3.05) is 18.6 Å². The molecular formula is C14H19NO3. The van der Waals surface area contributed by atoms with Crippen LogP contribution in [0.1, 0.15) is 20.8 Å². The quantitative estimate of drug-likeness (QED) is 0.607. The van der Waals surface area contributed by atoms with Gasteiger partial charge < -0.3 is 9.64 Å². The van der Waals surface area contributed by atoms with Gasteiger partial charge in [-0.2, -0.15) is 0 Å². The Morgan fingerprint density at radius 1 is 1.22 bits per heavy atom. The van der Waals surface area contributed by atoms with Crippen LogP contribution in [-0.2, 0) is 14.3 Å². The van der Waals surface area contributed by atoms with E-state index in [2.05, 4.69) is 4.74 Å². The number of esters is 1. The summed E-state index contributed by atoms with van der Waals surface area (Å²) in [4.78, 5) is 25.7. The smallest absolute Gasteiger partial charge is 0.320 e. The van der Waals surface area contributed by atoms with Crippen LogP contribution in [0.3, 0.4) is 0 Å². The molecule has 4 nitrogen and oxygen atoms in total. The van der Waals surface area contributed by atoms with Crippen molar-refractivity contribution in [3.63, 3.8) is 0 Å². The average molecular weight is 249 g/mol. The van der Waals surface area contributed by atoms with Gasteiger partial charge >= 0.3 is 5.97 Å². The van der Waals surface area contributed by atoms with Gasteiger partial charge in [0.1, 0.15) is 5.41 Å². The fraction of sp³-hybridized carbons (Fsp3) is 0.429. The summed E-state index contributed by atoms with van der Waals surface area (Å²) >= 11 is 0. The van der Waals surface area contributed by atoms with E-state index in [9.17, 15) is 9.59 Å². The molecule has 0 aliphatic rings. The van der Waals surface area contributed by atoms with Gasteiger partial charge in [-0.05, 0) is 32.9 Å². The zero-order chi connectivity index (χ0) is 13.8.